The molecule has 1 unspecified atom stereocenters. The summed E-state index contributed by atoms with van der Waals surface area (Å²) in [5.74, 6) is 0. The first-order chi connectivity index (χ1) is 6.10. The fraction of sp³-hybridized carbons (Fsp3) is 0.500. The van der Waals surface area contributed by atoms with Gasteiger partial charge in [0.25, 0.3) is 0 Å². The number of hydrogen-bond donors (Lipinski definition) is 1. The molecule has 0 saturated carbocycles. The van der Waals surface area contributed by atoms with Crippen molar-refractivity contribution in [3.8, 4) is 0 Å². The van der Waals surface area contributed by atoms with Crippen molar-refractivity contribution < 1.29 is 0 Å². The Morgan fingerprint density at radius 1 is 1.15 bits per heavy atom. The smallest absolute Gasteiger partial charge is 0.0418 e. The standard InChI is InChI=1S/C12H17N/c1-9-6-10(2)8-11(7-9)12(3)4-5-13-12/h6-8,13H,4-5H2,1-3H3. The number of benzene rings is 1. The van der Waals surface area contributed by atoms with Gasteiger partial charge < -0.3 is 5.32 Å². The van der Waals surface area contributed by atoms with Gasteiger partial charge in [-0.3, -0.25) is 0 Å². The van der Waals surface area contributed by atoms with Gasteiger partial charge in [-0.25, -0.2) is 0 Å². The average molecular weight is 175 g/mol. The summed E-state index contributed by atoms with van der Waals surface area (Å²) in [6.07, 6.45) is 1.26. The van der Waals surface area contributed by atoms with Crippen molar-refractivity contribution >= 4 is 0 Å². The first-order valence-electron chi connectivity index (χ1n) is 4.94. The van der Waals surface area contributed by atoms with Gasteiger partial charge in [-0.05, 0) is 39.3 Å². The minimum Gasteiger partial charge on any atom is -0.307 e. The van der Waals surface area contributed by atoms with Crippen LogP contribution in [0.1, 0.15) is 30.0 Å². The first kappa shape index (κ1) is 8.76. The molecule has 0 spiro atoms. The molecule has 1 atom stereocenters. The highest BCUT2D eigenvalue weighted by Gasteiger charge is 2.32. The molecule has 1 aromatic rings. The van der Waals surface area contributed by atoms with E-state index in [-0.39, 0.29) is 5.54 Å². The molecular formula is C12H17N. The molecule has 1 saturated heterocycles. The predicted molar refractivity (Wildman–Crippen MR) is 55.9 cm³/mol. The van der Waals surface area contributed by atoms with Crippen molar-refractivity contribution in [2.75, 3.05) is 6.54 Å². The molecular weight excluding hydrogens is 158 g/mol. The monoisotopic (exact) mass is 175 g/mol. The molecule has 1 nitrogen and oxygen atoms in total. The van der Waals surface area contributed by atoms with Gasteiger partial charge in [-0.2, -0.15) is 0 Å². The fourth-order valence-electron chi connectivity index (χ4n) is 2.04. The normalized spacial score (nSPS) is 27.0. The third-order valence-corrected chi connectivity index (χ3v) is 3.00. The van der Waals surface area contributed by atoms with Crippen molar-refractivity contribution in [1.82, 2.24) is 5.32 Å². The van der Waals surface area contributed by atoms with E-state index in [9.17, 15) is 0 Å². The van der Waals surface area contributed by atoms with Crippen molar-refractivity contribution in [3.63, 3.8) is 0 Å². The third kappa shape index (κ3) is 1.49. The topological polar surface area (TPSA) is 12.0 Å². The van der Waals surface area contributed by atoms with Crippen LogP contribution in [0.2, 0.25) is 0 Å². The molecule has 1 aliphatic rings. The highest BCUT2D eigenvalue weighted by Crippen LogP contribution is 2.31. The van der Waals surface area contributed by atoms with Gasteiger partial charge in [0.15, 0.2) is 0 Å². The molecule has 1 fully saturated rings. The lowest BCUT2D eigenvalue weighted by Gasteiger charge is -2.41. The quantitative estimate of drug-likeness (QED) is 0.691. The lowest BCUT2D eigenvalue weighted by Crippen LogP contribution is -2.51. The highest BCUT2D eigenvalue weighted by atomic mass is 15.0. The van der Waals surface area contributed by atoms with Gasteiger partial charge in [-0.1, -0.05) is 29.3 Å². The van der Waals surface area contributed by atoms with E-state index in [2.05, 4.69) is 44.3 Å². The molecule has 1 heteroatoms. The van der Waals surface area contributed by atoms with Crippen LogP contribution in [0.3, 0.4) is 0 Å². The number of nitrogens with one attached hydrogen (secondary N) is 1. The summed E-state index contributed by atoms with van der Waals surface area (Å²) in [7, 11) is 0. The van der Waals surface area contributed by atoms with Crippen molar-refractivity contribution in [1.29, 1.82) is 0 Å². The summed E-state index contributed by atoms with van der Waals surface area (Å²) in [4.78, 5) is 0. The van der Waals surface area contributed by atoms with Gasteiger partial charge >= 0.3 is 0 Å². The Balaban J connectivity index is 2.39. The van der Waals surface area contributed by atoms with E-state index in [0.29, 0.717) is 0 Å². The second-order valence-corrected chi connectivity index (χ2v) is 4.39. The molecule has 1 aliphatic heterocycles. The number of hydrogen-bond acceptors (Lipinski definition) is 1. The molecule has 1 aromatic carbocycles. The molecule has 13 heavy (non-hydrogen) atoms. The van der Waals surface area contributed by atoms with Crippen LogP contribution in [-0.4, -0.2) is 6.54 Å². The van der Waals surface area contributed by atoms with Gasteiger partial charge in [0.2, 0.25) is 0 Å². The molecule has 0 bridgehead atoms. The summed E-state index contributed by atoms with van der Waals surface area (Å²) in [6.45, 7) is 7.77. The Bertz CT molecular complexity index is 304. The lowest BCUT2D eigenvalue weighted by atomic mass is 9.81. The zero-order valence-electron chi connectivity index (χ0n) is 8.65. The molecule has 0 radical (unpaired) electrons. The maximum absolute atomic E-state index is 3.49. The van der Waals surface area contributed by atoms with Crippen molar-refractivity contribution in [3.05, 3.63) is 34.9 Å². The van der Waals surface area contributed by atoms with Gasteiger partial charge in [0, 0.05) is 5.54 Å². The van der Waals surface area contributed by atoms with Crippen LogP contribution in [0.4, 0.5) is 0 Å². The Hall–Kier alpha value is -0.820. The number of rotatable bonds is 1. The molecule has 2 rings (SSSR count). The molecule has 70 valence electrons. The van der Waals surface area contributed by atoms with E-state index in [1.165, 1.54) is 23.1 Å². The fourth-order valence-corrected chi connectivity index (χ4v) is 2.04. The van der Waals surface area contributed by atoms with E-state index in [1.807, 2.05) is 0 Å². The van der Waals surface area contributed by atoms with Gasteiger partial charge in [0.05, 0.1) is 0 Å². The van der Waals surface area contributed by atoms with Crippen molar-refractivity contribution in [2.45, 2.75) is 32.7 Å². The van der Waals surface area contributed by atoms with E-state index in [0.717, 1.165) is 6.54 Å². The van der Waals surface area contributed by atoms with Crippen LogP contribution in [0.15, 0.2) is 18.2 Å². The number of aryl methyl sites for hydroxylation is 2. The SMILES string of the molecule is Cc1cc(C)cc(C2(C)CCN2)c1. The van der Waals surface area contributed by atoms with E-state index in [1.54, 1.807) is 0 Å². The second-order valence-electron chi connectivity index (χ2n) is 4.39. The Kier molecular flexibility index (Phi) is 1.92. The summed E-state index contributed by atoms with van der Waals surface area (Å²) in [6, 6.07) is 6.81. The maximum Gasteiger partial charge on any atom is 0.0418 e. The summed E-state index contributed by atoms with van der Waals surface area (Å²) < 4.78 is 0. The zero-order chi connectivity index (χ0) is 9.47. The minimum atomic E-state index is 0.247. The van der Waals surface area contributed by atoms with E-state index in [4.69, 9.17) is 0 Å². The predicted octanol–water partition coefficient (Wildman–Crippen LogP) is 2.51. The van der Waals surface area contributed by atoms with Crippen LogP contribution in [-0.2, 0) is 5.54 Å². The Morgan fingerprint density at radius 2 is 1.69 bits per heavy atom. The first-order valence-corrected chi connectivity index (χ1v) is 4.94. The summed E-state index contributed by atoms with van der Waals surface area (Å²) in [5.41, 5.74) is 4.42. The summed E-state index contributed by atoms with van der Waals surface area (Å²) in [5, 5.41) is 3.49. The van der Waals surface area contributed by atoms with E-state index < -0.39 is 0 Å². The molecule has 0 amide bonds. The van der Waals surface area contributed by atoms with Crippen LogP contribution in [0.25, 0.3) is 0 Å². The molecule has 0 aromatic heterocycles. The second kappa shape index (κ2) is 2.85. The Labute approximate surface area is 80.2 Å². The van der Waals surface area contributed by atoms with Gasteiger partial charge in [0.1, 0.15) is 0 Å². The van der Waals surface area contributed by atoms with Crippen LogP contribution >= 0.6 is 0 Å². The Morgan fingerprint density at radius 3 is 2.08 bits per heavy atom. The van der Waals surface area contributed by atoms with Crippen molar-refractivity contribution in [2.24, 2.45) is 0 Å². The van der Waals surface area contributed by atoms with Crippen LogP contribution in [0, 0.1) is 13.8 Å². The van der Waals surface area contributed by atoms with E-state index >= 15 is 0 Å². The minimum absolute atomic E-state index is 0.247. The lowest BCUT2D eigenvalue weighted by molar-refractivity contribution is 0.236. The molecule has 1 heterocycles. The summed E-state index contributed by atoms with van der Waals surface area (Å²) >= 11 is 0. The van der Waals surface area contributed by atoms with Gasteiger partial charge in [-0.15, -0.1) is 0 Å². The molecule has 0 aliphatic carbocycles. The third-order valence-electron chi connectivity index (χ3n) is 3.00. The molecule has 1 N–H and O–H groups in total. The highest BCUT2D eigenvalue weighted by molar-refractivity contribution is 5.34. The van der Waals surface area contributed by atoms with Crippen LogP contribution < -0.4 is 5.32 Å². The largest absolute Gasteiger partial charge is 0.307 e. The average Bonchev–Trinajstić information content (AvgIpc) is 1.98. The zero-order valence-corrected chi connectivity index (χ0v) is 8.65. The van der Waals surface area contributed by atoms with Crippen LogP contribution in [0.5, 0.6) is 0 Å². The maximum atomic E-state index is 3.49.